The fourth-order valence-electron chi connectivity index (χ4n) is 3.46. The molecule has 1 amide bonds. The fourth-order valence-corrected chi connectivity index (χ4v) is 3.46. The summed E-state index contributed by atoms with van der Waals surface area (Å²) in [6, 6.07) is 9.63. The third-order valence-electron chi connectivity index (χ3n) is 4.67. The van der Waals surface area contributed by atoms with E-state index in [2.05, 4.69) is 5.32 Å². The van der Waals surface area contributed by atoms with E-state index in [-0.39, 0.29) is 18.5 Å². The van der Waals surface area contributed by atoms with E-state index in [1.165, 1.54) is 0 Å². The molecule has 0 saturated heterocycles. The highest BCUT2D eigenvalue weighted by molar-refractivity contribution is 5.83. The van der Waals surface area contributed by atoms with Gasteiger partial charge in [0.15, 0.2) is 0 Å². The minimum Gasteiger partial charge on any atom is -0.481 e. The molecular formula is C18H22N2O3. The number of carbonyl (C=O) groups is 2. The van der Waals surface area contributed by atoms with Gasteiger partial charge in [0.25, 0.3) is 0 Å². The Kier molecular flexibility index (Phi) is 4.65. The summed E-state index contributed by atoms with van der Waals surface area (Å²) in [4.78, 5) is 23.8. The lowest BCUT2D eigenvalue weighted by Crippen LogP contribution is -2.44. The zero-order valence-corrected chi connectivity index (χ0v) is 13.1. The van der Waals surface area contributed by atoms with Crippen LogP contribution in [0.3, 0.4) is 0 Å². The van der Waals surface area contributed by atoms with Crippen molar-refractivity contribution in [2.45, 2.75) is 44.7 Å². The van der Waals surface area contributed by atoms with Gasteiger partial charge in [-0.25, -0.2) is 0 Å². The standard InChI is InChI=1S/C18H22N2O3/c21-17(12-20-11-10-13-6-4-5-9-16(13)20)19-15-8-3-1-2-7-14(15)18(22)23/h4-6,9-11,14-15H,1-3,7-8,12H2,(H,19,21)(H,22,23)/t14-,15+/m1/s1. The minimum absolute atomic E-state index is 0.121. The molecule has 0 radical (unpaired) electrons. The quantitative estimate of drug-likeness (QED) is 0.852. The number of carboxylic acids is 1. The second-order valence-electron chi connectivity index (χ2n) is 6.26. The topological polar surface area (TPSA) is 71.3 Å². The molecule has 1 aliphatic rings. The molecular weight excluding hydrogens is 292 g/mol. The molecule has 2 aromatic rings. The number of rotatable bonds is 4. The van der Waals surface area contributed by atoms with Gasteiger partial charge in [-0.3, -0.25) is 9.59 Å². The molecule has 0 unspecified atom stereocenters. The molecule has 1 aromatic carbocycles. The summed E-state index contributed by atoms with van der Waals surface area (Å²) in [5.41, 5.74) is 1.01. The lowest BCUT2D eigenvalue weighted by atomic mass is 9.95. The normalized spacial score (nSPS) is 21.7. The largest absolute Gasteiger partial charge is 0.481 e. The van der Waals surface area contributed by atoms with Crippen LogP contribution in [0.25, 0.3) is 10.9 Å². The van der Waals surface area contributed by atoms with E-state index in [0.29, 0.717) is 6.42 Å². The summed E-state index contributed by atoms with van der Waals surface area (Å²) in [6.07, 6.45) is 6.22. The molecule has 5 nitrogen and oxygen atoms in total. The van der Waals surface area contributed by atoms with Crippen LogP contribution in [0.1, 0.15) is 32.1 Å². The predicted molar refractivity (Wildman–Crippen MR) is 88.1 cm³/mol. The summed E-state index contributed by atoms with van der Waals surface area (Å²) in [7, 11) is 0. The van der Waals surface area contributed by atoms with Gasteiger partial charge in [-0.1, -0.05) is 37.5 Å². The number of carboxylic acid groups (broad SMARTS) is 1. The van der Waals surface area contributed by atoms with Gasteiger partial charge in [0.1, 0.15) is 6.54 Å². The van der Waals surface area contributed by atoms with Crippen molar-refractivity contribution in [1.82, 2.24) is 9.88 Å². The molecule has 1 fully saturated rings. The number of amides is 1. The van der Waals surface area contributed by atoms with Crippen molar-refractivity contribution in [3.05, 3.63) is 36.5 Å². The van der Waals surface area contributed by atoms with Crippen molar-refractivity contribution in [3.63, 3.8) is 0 Å². The van der Waals surface area contributed by atoms with Crippen LogP contribution >= 0.6 is 0 Å². The van der Waals surface area contributed by atoms with Crippen LogP contribution in [0.2, 0.25) is 0 Å². The number of carbonyl (C=O) groups excluding carboxylic acids is 1. The van der Waals surface area contributed by atoms with E-state index in [9.17, 15) is 14.7 Å². The molecule has 1 heterocycles. The van der Waals surface area contributed by atoms with Crippen molar-refractivity contribution in [2.24, 2.45) is 5.92 Å². The molecule has 1 aliphatic carbocycles. The molecule has 3 rings (SSSR count). The Labute approximate surface area is 135 Å². The van der Waals surface area contributed by atoms with E-state index in [0.717, 1.165) is 36.6 Å². The summed E-state index contributed by atoms with van der Waals surface area (Å²) in [5, 5.41) is 13.4. The van der Waals surface area contributed by atoms with Gasteiger partial charge in [-0.15, -0.1) is 0 Å². The van der Waals surface area contributed by atoms with Gasteiger partial charge in [0.2, 0.25) is 5.91 Å². The van der Waals surface area contributed by atoms with Gasteiger partial charge in [-0.2, -0.15) is 0 Å². The minimum atomic E-state index is -0.802. The summed E-state index contributed by atoms with van der Waals surface area (Å²) in [5.74, 6) is -1.39. The lowest BCUT2D eigenvalue weighted by Gasteiger charge is -2.23. The van der Waals surface area contributed by atoms with E-state index in [1.54, 1.807) is 0 Å². The molecule has 0 bridgehead atoms. The average molecular weight is 314 g/mol. The maximum absolute atomic E-state index is 12.4. The smallest absolute Gasteiger partial charge is 0.308 e. The highest BCUT2D eigenvalue weighted by Gasteiger charge is 2.30. The Morgan fingerprint density at radius 3 is 2.74 bits per heavy atom. The number of nitrogens with one attached hydrogen (secondary N) is 1. The summed E-state index contributed by atoms with van der Waals surface area (Å²) < 4.78 is 1.90. The van der Waals surface area contributed by atoms with Crippen LogP contribution in [-0.4, -0.2) is 27.6 Å². The van der Waals surface area contributed by atoms with E-state index >= 15 is 0 Å². The zero-order valence-electron chi connectivity index (χ0n) is 13.1. The summed E-state index contributed by atoms with van der Waals surface area (Å²) >= 11 is 0. The van der Waals surface area contributed by atoms with Crippen LogP contribution in [0, 0.1) is 5.92 Å². The highest BCUT2D eigenvalue weighted by atomic mass is 16.4. The third-order valence-corrected chi connectivity index (χ3v) is 4.67. The van der Waals surface area contributed by atoms with Gasteiger partial charge in [0.05, 0.1) is 5.92 Å². The number of fused-ring (bicyclic) bond motifs is 1. The molecule has 1 aromatic heterocycles. The van der Waals surface area contributed by atoms with E-state index < -0.39 is 11.9 Å². The van der Waals surface area contributed by atoms with Crippen molar-refractivity contribution < 1.29 is 14.7 Å². The SMILES string of the molecule is O=C(Cn1ccc2ccccc21)N[C@H]1CCCCC[C@H]1C(=O)O. The zero-order chi connectivity index (χ0) is 16.2. The summed E-state index contributed by atoms with van der Waals surface area (Å²) in [6.45, 7) is 0.219. The number of benzene rings is 1. The van der Waals surface area contributed by atoms with Crippen molar-refractivity contribution in [2.75, 3.05) is 0 Å². The van der Waals surface area contributed by atoms with E-state index in [1.807, 2.05) is 41.1 Å². The Balaban J connectivity index is 1.69. The van der Waals surface area contributed by atoms with E-state index in [4.69, 9.17) is 0 Å². The van der Waals surface area contributed by atoms with Crippen LogP contribution in [-0.2, 0) is 16.1 Å². The number of nitrogens with zero attached hydrogens (tertiary/aromatic N) is 1. The number of aliphatic carboxylic acids is 1. The van der Waals surface area contributed by atoms with Gasteiger partial charge < -0.3 is 15.0 Å². The van der Waals surface area contributed by atoms with Crippen molar-refractivity contribution in [1.29, 1.82) is 0 Å². The molecule has 2 atom stereocenters. The van der Waals surface area contributed by atoms with Gasteiger partial charge in [0, 0.05) is 17.8 Å². The van der Waals surface area contributed by atoms with Crippen LogP contribution in [0.5, 0.6) is 0 Å². The number of hydrogen-bond donors (Lipinski definition) is 2. The molecule has 23 heavy (non-hydrogen) atoms. The number of aromatic nitrogens is 1. The van der Waals surface area contributed by atoms with Gasteiger partial charge >= 0.3 is 5.97 Å². The molecule has 5 heteroatoms. The Hall–Kier alpha value is -2.30. The number of para-hydroxylation sites is 1. The van der Waals surface area contributed by atoms with Gasteiger partial charge in [-0.05, 0) is 30.4 Å². The van der Waals surface area contributed by atoms with Crippen LogP contribution in [0.15, 0.2) is 36.5 Å². The second kappa shape index (κ2) is 6.86. The molecule has 122 valence electrons. The second-order valence-corrected chi connectivity index (χ2v) is 6.26. The van der Waals surface area contributed by atoms with Crippen molar-refractivity contribution >= 4 is 22.8 Å². The first-order valence-electron chi connectivity index (χ1n) is 8.21. The Morgan fingerprint density at radius 1 is 1.13 bits per heavy atom. The van der Waals surface area contributed by atoms with Crippen LogP contribution < -0.4 is 5.32 Å². The Bertz CT molecular complexity index is 707. The predicted octanol–water partition coefficient (Wildman–Crippen LogP) is 2.79. The first kappa shape index (κ1) is 15.6. The Morgan fingerprint density at radius 2 is 1.91 bits per heavy atom. The molecule has 0 aliphatic heterocycles. The maximum Gasteiger partial charge on any atom is 0.308 e. The number of hydrogen-bond acceptors (Lipinski definition) is 2. The maximum atomic E-state index is 12.4. The van der Waals surface area contributed by atoms with Crippen LogP contribution in [0.4, 0.5) is 0 Å². The molecule has 1 saturated carbocycles. The lowest BCUT2D eigenvalue weighted by molar-refractivity contribution is -0.143. The fraction of sp³-hybridized carbons (Fsp3) is 0.444. The molecule has 0 spiro atoms. The third kappa shape index (κ3) is 3.55. The molecule has 2 N–H and O–H groups in total. The first-order chi connectivity index (χ1) is 11.1. The monoisotopic (exact) mass is 314 g/mol. The van der Waals surface area contributed by atoms with Crippen molar-refractivity contribution in [3.8, 4) is 0 Å². The highest BCUT2D eigenvalue weighted by Crippen LogP contribution is 2.24. The average Bonchev–Trinajstić information content (AvgIpc) is 2.77. The first-order valence-corrected chi connectivity index (χ1v) is 8.21.